The van der Waals surface area contributed by atoms with E-state index in [-0.39, 0.29) is 5.82 Å². The van der Waals surface area contributed by atoms with E-state index in [9.17, 15) is 4.39 Å². The minimum atomic E-state index is -0.202. The molecule has 2 unspecified atom stereocenters. The second kappa shape index (κ2) is 6.40. The summed E-state index contributed by atoms with van der Waals surface area (Å²) >= 11 is 0. The first-order valence-corrected chi connectivity index (χ1v) is 8.63. The summed E-state index contributed by atoms with van der Waals surface area (Å²) < 4.78 is 19.4. The van der Waals surface area contributed by atoms with Crippen LogP contribution in [0.15, 0.2) is 59.2 Å². The largest absolute Gasteiger partial charge is 0.464 e. The normalized spacial score (nSPS) is 22.1. The van der Waals surface area contributed by atoms with Crippen molar-refractivity contribution in [2.24, 2.45) is 5.92 Å². The third kappa shape index (κ3) is 2.96. The Morgan fingerprint density at radius 1 is 1.17 bits per heavy atom. The Labute approximate surface area is 141 Å². The van der Waals surface area contributed by atoms with Crippen LogP contribution in [0.2, 0.25) is 0 Å². The predicted molar refractivity (Wildman–Crippen MR) is 94.4 cm³/mol. The lowest BCUT2D eigenvalue weighted by molar-refractivity contribution is 0.156. The van der Waals surface area contributed by atoms with E-state index < -0.39 is 0 Å². The van der Waals surface area contributed by atoms with Crippen LogP contribution in [0, 0.1) is 11.7 Å². The molecule has 0 amide bonds. The third-order valence-corrected chi connectivity index (χ3v) is 5.21. The third-order valence-electron chi connectivity index (χ3n) is 5.21. The Hall–Kier alpha value is -2.13. The van der Waals surface area contributed by atoms with E-state index in [0.29, 0.717) is 17.4 Å². The van der Waals surface area contributed by atoms with Gasteiger partial charge in [0.25, 0.3) is 0 Å². The first-order chi connectivity index (χ1) is 11.7. The van der Waals surface area contributed by atoms with Gasteiger partial charge in [0.2, 0.25) is 0 Å². The number of fused-ring (bicyclic) bond motifs is 1. The maximum atomic E-state index is 14.0. The van der Waals surface area contributed by atoms with Crippen LogP contribution in [0.1, 0.15) is 30.4 Å². The molecule has 0 saturated carbocycles. The number of nitrogens with zero attached hydrogens (tertiary/aromatic N) is 1. The molecule has 0 radical (unpaired) electrons. The molecule has 124 valence electrons. The van der Waals surface area contributed by atoms with Gasteiger partial charge in [0.1, 0.15) is 11.4 Å². The molecule has 0 N–H and O–H groups in total. The molecule has 2 aromatic carbocycles. The average molecular weight is 323 g/mol. The molecule has 1 aliphatic heterocycles. The minimum absolute atomic E-state index is 0.202. The number of likely N-dealkylation sites (tertiary alicyclic amines) is 1. The number of benzene rings is 2. The number of hydrogen-bond donors (Lipinski definition) is 0. The predicted octanol–water partition coefficient (Wildman–Crippen LogP) is 5.20. The minimum Gasteiger partial charge on any atom is -0.464 e. The van der Waals surface area contributed by atoms with Gasteiger partial charge in [-0.3, -0.25) is 4.90 Å². The summed E-state index contributed by atoms with van der Waals surface area (Å²) in [6.07, 6.45) is 2.71. The molecule has 0 spiro atoms. The molecule has 2 nitrogen and oxygen atoms in total. The van der Waals surface area contributed by atoms with Crippen molar-refractivity contribution < 1.29 is 8.81 Å². The Bertz CT molecular complexity index is 826. The molecule has 0 bridgehead atoms. The van der Waals surface area contributed by atoms with Gasteiger partial charge >= 0.3 is 0 Å². The molecule has 24 heavy (non-hydrogen) atoms. The van der Waals surface area contributed by atoms with Crippen LogP contribution in [0.3, 0.4) is 0 Å². The van der Waals surface area contributed by atoms with E-state index >= 15 is 0 Å². The van der Waals surface area contributed by atoms with Crippen LogP contribution in [0.4, 0.5) is 4.39 Å². The fourth-order valence-electron chi connectivity index (χ4n) is 4.05. The van der Waals surface area contributed by atoms with Gasteiger partial charge < -0.3 is 4.42 Å². The van der Waals surface area contributed by atoms with Crippen molar-refractivity contribution in [2.45, 2.75) is 25.8 Å². The van der Waals surface area contributed by atoms with E-state index in [1.54, 1.807) is 12.3 Å². The molecular weight excluding hydrogens is 301 g/mol. The van der Waals surface area contributed by atoms with Gasteiger partial charge in [0.15, 0.2) is 0 Å². The lowest BCUT2D eigenvalue weighted by Gasteiger charge is -2.37. The standard InChI is InChI=1S/C21H22FNO/c1-15-13-23(14-16-5-3-2-4-6-16)9-7-18(15)20-11-17(22)12-21-19(20)8-10-24-21/h2-6,8,10-12,15,18H,7,9,13-14H2,1H3. The zero-order valence-electron chi connectivity index (χ0n) is 13.9. The van der Waals surface area contributed by atoms with Crippen molar-refractivity contribution in [3.05, 3.63) is 71.7 Å². The van der Waals surface area contributed by atoms with Crippen LogP contribution < -0.4 is 0 Å². The fourth-order valence-corrected chi connectivity index (χ4v) is 4.05. The first-order valence-electron chi connectivity index (χ1n) is 8.63. The molecule has 1 aromatic heterocycles. The highest BCUT2D eigenvalue weighted by molar-refractivity contribution is 5.81. The number of rotatable bonds is 3. The van der Waals surface area contributed by atoms with Crippen LogP contribution in [-0.2, 0) is 6.54 Å². The lowest BCUT2D eigenvalue weighted by atomic mass is 9.80. The van der Waals surface area contributed by atoms with Crippen molar-refractivity contribution in [1.29, 1.82) is 0 Å². The van der Waals surface area contributed by atoms with Crippen molar-refractivity contribution >= 4 is 11.0 Å². The van der Waals surface area contributed by atoms with Crippen molar-refractivity contribution in [3.8, 4) is 0 Å². The molecule has 4 rings (SSSR count). The summed E-state index contributed by atoms with van der Waals surface area (Å²) in [5.41, 5.74) is 3.11. The molecule has 1 saturated heterocycles. The van der Waals surface area contributed by atoms with Gasteiger partial charge in [0.05, 0.1) is 6.26 Å². The highest BCUT2D eigenvalue weighted by Crippen LogP contribution is 2.37. The van der Waals surface area contributed by atoms with Crippen LogP contribution in [0.5, 0.6) is 0 Å². The molecule has 2 atom stereocenters. The van der Waals surface area contributed by atoms with Crippen molar-refractivity contribution in [2.75, 3.05) is 13.1 Å². The Morgan fingerprint density at radius 3 is 2.79 bits per heavy atom. The first kappa shape index (κ1) is 15.4. The smallest absolute Gasteiger partial charge is 0.137 e. The van der Waals surface area contributed by atoms with Gasteiger partial charge in [0, 0.05) is 24.5 Å². The average Bonchev–Trinajstić information content (AvgIpc) is 3.03. The van der Waals surface area contributed by atoms with E-state index in [4.69, 9.17) is 4.42 Å². The van der Waals surface area contributed by atoms with Crippen LogP contribution >= 0.6 is 0 Å². The highest BCUT2D eigenvalue weighted by atomic mass is 19.1. The van der Waals surface area contributed by atoms with Gasteiger partial charge in [-0.2, -0.15) is 0 Å². The molecule has 3 aromatic rings. The second-order valence-electron chi connectivity index (χ2n) is 6.92. The summed E-state index contributed by atoms with van der Waals surface area (Å²) in [7, 11) is 0. The monoisotopic (exact) mass is 323 g/mol. The van der Waals surface area contributed by atoms with E-state index in [1.807, 2.05) is 6.07 Å². The summed E-state index contributed by atoms with van der Waals surface area (Å²) in [6, 6.07) is 15.7. The molecule has 0 aliphatic carbocycles. The highest BCUT2D eigenvalue weighted by Gasteiger charge is 2.29. The van der Waals surface area contributed by atoms with Gasteiger partial charge in [-0.25, -0.2) is 4.39 Å². The van der Waals surface area contributed by atoms with E-state index in [0.717, 1.165) is 37.0 Å². The zero-order chi connectivity index (χ0) is 16.5. The van der Waals surface area contributed by atoms with Crippen molar-refractivity contribution in [3.63, 3.8) is 0 Å². The summed E-state index contributed by atoms with van der Waals surface area (Å²) in [4.78, 5) is 2.50. The quantitative estimate of drug-likeness (QED) is 0.659. The SMILES string of the molecule is CC1CN(Cc2ccccc2)CCC1c1cc(F)cc2occc12. The van der Waals surface area contributed by atoms with E-state index in [1.165, 1.54) is 11.6 Å². The van der Waals surface area contributed by atoms with Gasteiger partial charge in [-0.05, 0) is 48.1 Å². The molecular formula is C21H22FNO. The topological polar surface area (TPSA) is 16.4 Å². The number of piperidine rings is 1. The van der Waals surface area contributed by atoms with Crippen LogP contribution in [0.25, 0.3) is 11.0 Å². The maximum absolute atomic E-state index is 14.0. The zero-order valence-corrected chi connectivity index (χ0v) is 13.9. The molecule has 2 heterocycles. The lowest BCUT2D eigenvalue weighted by Crippen LogP contribution is -2.37. The Morgan fingerprint density at radius 2 is 2.00 bits per heavy atom. The van der Waals surface area contributed by atoms with Gasteiger partial charge in [-0.1, -0.05) is 37.3 Å². The number of hydrogen-bond acceptors (Lipinski definition) is 2. The number of halogens is 1. The van der Waals surface area contributed by atoms with Crippen LogP contribution in [-0.4, -0.2) is 18.0 Å². The van der Waals surface area contributed by atoms with Crippen molar-refractivity contribution in [1.82, 2.24) is 4.90 Å². The molecule has 3 heteroatoms. The second-order valence-corrected chi connectivity index (χ2v) is 6.92. The van der Waals surface area contributed by atoms with Gasteiger partial charge in [-0.15, -0.1) is 0 Å². The summed E-state index contributed by atoms with van der Waals surface area (Å²) in [5.74, 6) is 0.668. The Kier molecular flexibility index (Phi) is 4.11. The summed E-state index contributed by atoms with van der Waals surface area (Å²) in [6.45, 7) is 5.34. The Balaban J connectivity index is 1.53. The maximum Gasteiger partial charge on any atom is 0.137 e. The number of furan rings is 1. The fraction of sp³-hybridized carbons (Fsp3) is 0.333. The van der Waals surface area contributed by atoms with E-state index in [2.05, 4.69) is 42.2 Å². The molecule has 1 aliphatic rings. The summed E-state index contributed by atoms with van der Waals surface area (Å²) in [5, 5.41) is 1.06. The molecule has 1 fully saturated rings.